The van der Waals surface area contributed by atoms with Gasteiger partial charge in [-0.15, -0.1) is 0 Å². The van der Waals surface area contributed by atoms with E-state index in [4.69, 9.17) is 10.5 Å². The predicted octanol–water partition coefficient (Wildman–Crippen LogP) is 7.41. The van der Waals surface area contributed by atoms with Crippen LogP contribution in [-0.2, 0) is 19.1 Å². The molecule has 2 amide bonds. The van der Waals surface area contributed by atoms with Gasteiger partial charge >= 0.3 is 0 Å². The lowest BCUT2D eigenvalue weighted by Gasteiger charge is -2.40. The summed E-state index contributed by atoms with van der Waals surface area (Å²) in [5.41, 5.74) is 7.59. The number of anilines is 3. The molecule has 43 heavy (non-hydrogen) atoms. The molecule has 2 aliphatic rings. The molecule has 5 atom stereocenters. The predicted molar refractivity (Wildman–Crippen MR) is 176 cm³/mol. The van der Waals surface area contributed by atoms with Gasteiger partial charge in [-0.25, -0.2) is 0 Å². The average molecular weight is 591 g/mol. The Bertz CT molecular complexity index is 1340. The SMILES string of the molecule is CC.CCC1(C(=O)Nc2ccc(N)c(N=Cc3ccc(NC(=O)C4(CC)CC(=O)C(C)C4(C)C)cc3)c2)C(C)COC1C. The summed E-state index contributed by atoms with van der Waals surface area (Å²) >= 11 is 0. The van der Waals surface area contributed by atoms with Gasteiger partial charge in [0.25, 0.3) is 0 Å². The van der Waals surface area contributed by atoms with Crippen molar-refractivity contribution in [2.45, 2.75) is 87.7 Å². The highest BCUT2D eigenvalue weighted by Gasteiger charge is 2.60. The number of benzene rings is 2. The summed E-state index contributed by atoms with van der Waals surface area (Å²) in [6.45, 7) is 18.5. The summed E-state index contributed by atoms with van der Waals surface area (Å²) in [5.74, 6) is -0.0801. The minimum Gasteiger partial charge on any atom is -0.397 e. The van der Waals surface area contributed by atoms with Crippen molar-refractivity contribution < 1.29 is 19.1 Å². The van der Waals surface area contributed by atoms with Crippen molar-refractivity contribution in [2.75, 3.05) is 23.0 Å². The molecule has 0 aromatic heterocycles. The summed E-state index contributed by atoms with van der Waals surface area (Å²) in [6, 6.07) is 12.7. The first-order valence-corrected chi connectivity index (χ1v) is 15.6. The molecule has 4 N–H and O–H groups in total. The zero-order chi connectivity index (χ0) is 32.2. The summed E-state index contributed by atoms with van der Waals surface area (Å²) in [7, 11) is 0. The van der Waals surface area contributed by atoms with E-state index in [1.54, 1.807) is 24.4 Å². The monoisotopic (exact) mass is 590 g/mol. The molecule has 1 saturated heterocycles. The number of ether oxygens (including phenoxy) is 1. The van der Waals surface area contributed by atoms with Gasteiger partial charge in [-0.3, -0.25) is 19.4 Å². The largest absolute Gasteiger partial charge is 0.397 e. The Kier molecular flexibility index (Phi) is 10.6. The molecule has 2 fully saturated rings. The maximum atomic E-state index is 13.4. The fraction of sp³-hybridized carbons (Fsp3) is 0.543. The number of carbonyl (C=O) groups is 3. The van der Waals surface area contributed by atoms with E-state index in [1.165, 1.54) is 0 Å². The number of aliphatic imine (C=N–C) groups is 1. The van der Waals surface area contributed by atoms with Gasteiger partial charge in [0.05, 0.1) is 34.9 Å². The van der Waals surface area contributed by atoms with Crippen molar-refractivity contribution in [2.24, 2.45) is 33.1 Å². The van der Waals surface area contributed by atoms with Crippen molar-refractivity contribution in [1.82, 2.24) is 0 Å². The minimum absolute atomic E-state index is 0.0560. The van der Waals surface area contributed by atoms with Crippen LogP contribution in [0.1, 0.15) is 87.1 Å². The number of Topliss-reactive ketones (excluding diaryl/α,β-unsaturated/α-hetero) is 1. The average Bonchev–Trinajstić information content (AvgIpc) is 3.39. The van der Waals surface area contributed by atoms with Crippen LogP contribution in [0.5, 0.6) is 0 Å². The van der Waals surface area contributed by atoms with Crippen LogP contribution in [0.2, 0.25) is 0 Å². The second-order valence-electron chi connectivity index (χ2n) is 12.4. The van der Waals surface area contributed by atoms with Crippen LogP contribution in [0.15, 0.2) is 47.5 Å². The molecule has 8 nitrogen and oxygen atoms in total. The Balaban J connectivity index is 0.00000248. The standard InChI is InChI=1S/C33H44N4O4.C2H6/c1-8-32(17-28(38)21(4)31(32,6)7)29(39)36-24-12-10-23(11-13-24)18-35-27-16-25(14-15-26(27)34)37-30(40)33(9-2)20(3)19-41-22(33)5;1-2/h10-16,18,20-22H,8-9,17,19,34H2,1-7H3,(H,36,39)(H,37,40);1-2H3. The van der Waals surface area contributed by atoms with E-state index in [2.05, 4.69) is 22.5 Å². The summed E-state index contributed by atoms with van der Waals surface area (Å²) in [6.07, 6.45) is 3.08. The summed E-state index contributed by atoms with van der Waals surface area (Å²) in [5, 5.41) is 6.10. The van der Waals surface area contributed by atoms with Gasteiger partial charge in [-0.1, -0.05) is 67.5 Å². The molecule has 5 unspecified atom stereocenters. The van der Waals surface area contributed by atoms with Crippen LogP contribution in [0, 0.1) is 28.1 Å². The quantitative estimate of drug-likeness (QED) is 0.218. The van der Waals surface area contributed by atoms with E-state index in [0.29, 0.717) is 42.2 Å². The van der Waals surface area contributed by atoms with E-state index in [1.807, 2.05) is 79.7 Å². The molecule has 1 heterocycles. The molecular formula is C35H50N4O4. The number of amides is 2. The van der Waals surface area contributed by atoms with Crippen molar-refractivity contribution in [3.05, 3.63) is 48.0 Å². The van der Waals surface area contributed by atoms with Crippen LogP contribution in [-0.4, -0.2) is 36.5 Å². The molecule has 0 spiro atoms. The molecular weight excluding hydrogens is 540 g/mol. The van der Waals surface area contributed by atoms with Crippen LogP contribution >= 0.6 is 0 Å². The first-order chi connectivity index (χ1) is 20.3. The lowest BCUT2D eigenvalue weighted by atomic mass is 9.63. The molecule has 2 aromatic carbocycles. The number of nitrogens with two attached hydrogens (primary N) is 1. The van der Waals surface area contributed by atoms with Gasteiger partial charge in [0.15, 0.2) is 0 Å². The zero-order valence-corrected chi connectivity index (χ0v) is 27.3. The van der Waals surface area contributed by atoms with E-state index in [-0.39, 0.29) is 42.0 Å². The Morgan fingerprint density at radius 1 is 0.977 bits per heavy atom. The number of ketones is 1. The molecule has 8 heteroatoms. The number of nitrogens with zero attached hydrogens (tertiary/aromatic N) is 1. The number of nitrogens with one attached hydrogen (secondary N) is 2. The lowest BCUT2D eigenvalue weighted by molar-refractivity contribution is -0.132. The lowest BCUT2D eigenvalue weighted by Crippen LogP contribution is -2.45. The molecule has 234 valence electrons. The van der Waals surface area contributed by atoms with E-state index >= 15 is 0 Å². The smallest absolute Gasteiger partial charge is 0.233 e. The summed E-state index contributed by atoms with van der Waals surface area (Å²) < 4.78 is 5.80. The zero-order valence-electron chi connectivity index (χ0n) is 27.3. The van der Waals surface area contributed by atoms with Crippen molar-refractivity contribution in [3.8, 4) is 0 Å². The number of nitrogen functional groups attached to an aromatic ring is 1. The van der Waals surface area contributed by atoms with Crippen LogP contribution < -0.4 is 16.4 Å². The number of hydrogen-bond acceptors (Lipinski definition) is 6. The van der Waals surface area contributed by atoms with Gasteiger partial charge in [0, 0.05) is 29.9 Å². The first-order valence-electron chi connectivity index (χ1n) is 15.6. The molecule has 1 aliphatic carbocycles. The van der Waals surface area contributed by atoms with Gasteiger partial charge < -0.3 is 21.1 Å². The third-order valence-electron chi connectivity index (χ3n) is 10.3. The maximum Gasteiger partial charge on any atom is 0.233 e. The normalized spacial score (nSPS) is 27.9. The second-order valence-corrected chi connectivity index (χ2v) is 12.4. The van der Waals surface area contributed by atoms with Crippen molar-refractivity contribution >= 4 is 46.6 Å². The molecule has 1 saturated carbocycles. The van der Waals surface area contributed by atoms with Gasteiger partial charge in [0.1, 0.15) is 5.78 Å². The van der Waals surface area contributed by atoms with E-state index < -0.39 is 16.2 Å². The molecule has 0 radical (unpaired) electrons. The van der Waals surface area contributed by atoms with Crippen LogP contribution in [0.4, 0.5) is 22.7 Å². The van der Waals surface area contributed by atoms with Crippen LogP contribution in [0.25, 0.3) is 0 Å². The maximum absolute atomic E-state index is 13.4. The minimum atomic E-state index is -0.737. The summed E-state index contributed by atoms with van der Waals surface area (Å²) in [4.78, 5) is 43.9. The fourth-order valence-electron chi connectivity index (χ4n) is 6.83. The highest BCUT2D eigenvalue weighted by atomic mass is 16.5. The first kappa shape index (κ1) is 34.0. The Labute approximate surface area is 257 Å². The Morgan fingerprint density at radius 3 is 2.09 bits per heavy atom. The Morgan fingerprint density at radius 2 is 1.58 bits per heavy atom. The van der Waals surface area contributed by atoms with Crippen molar-refractivity contribution in [3.63, 3.8) is 0 Å². The topological polar surface area (TPSA) is 123 Å². The number of carbonyl (C=O) groups excluding carboxylic acids is 3. The highest BCUT2D eigenvalue weighted by molar-refractivity contribution is 6.02. The van der Waals surface area contributed by atoms with E-state index in [0.717, 1.165) is 5.56 Å². The molecule has 1 aliphatic heterocycles. The van der Waals surface area contributed by atoms with Gasteiger partial charge in [-0.2, -0.15) is 0 Å². The Hall–Kier alpha value is -3.52. The molecule has 2 aromatic rings. The molecule has 0 bridgehead atoms. The third-order valence-corrected chi connectivity index (χ3v) is 10.3. The van der Waals surface area contributed by atoms with Crippen molar-refractivity contribution in [1.29, 1.82) is 0 Å². The fourth-order valence-corrected chi connectivity index (χ4v) is 6.83. The van der Waals surface area contributed by atoms with Gasteiger partial charge in [-0.05, 0) is 67.0 Å². The molecule has 4 rings (SSSR count). The number of rotatable bonds is 8. The van der Waals surface area contributed by atoms with E-state index in [9.17, 15) is 14.4 Å². The van der Waals surface area contributed by atoms with Gasteiger partial charge in [0.2, 0.25) is 11.8 Å². The highest BCUT2D eigenvalue weighted by Crippen LogP contribution is 2.56. The van der Waals surface area contributed by atoms with Crippen LogP contribution in [0.3, 0.4) is 0 Å². The number of hydrogen-bond donors (Lipinski definition) is 3. The third kappa shape index (κ3) is 6.12. The second kappa shape index (κ2) is 13.4.